The lowest BCUT2D eigenvalue weighted by atomic mass is 10.0. The quantitative estimate of drug-likeness (QED) is 0.393. The maximum atomic E-state index is 11.5. The monoisotopic (exact) mass is 474 g/mol. The molecule has 0 bridgehead atoms. The minimum Gasteiger partial charge on any atom is -0.222 e. The van der Waals surface area contributed by atoms with Crippen LogP contribution >= 0.6 is 11.3 Å². The summed E-state index contributed by atoms with van der Waals surface area (Å²) in [5.74, 6) is 0. The van der Waals surface area contributed by atoms with E-state index in [1.807, 2.05) is 22.8 Å². The number of aryl methyl sites for hydroxylation is 2. The van der Waals surface area contributed by atoms with Gasteiger partial charge in [0.1, 0.15) is 11.4 Å². The molecule has 0 aliphatic carbocycles. The van der Waals surface area contributed by atoms with Crippen LogP contribution in [0.1, 0.15) is 25.2 Å². The van der Waals surface area contributed by atoms with Crippen molar-refractivity contribution in [3.05, 3.63) is 53.9 Å². The zero-order valence-electron chi connectivity index (χ0n) is 16.0. The van der Waals surface area contributed by atoms with E-state index in [9.17, 15) is 8.42 Å². The minimum absolute atomic E-state index is 0.175. The van der Waals surface area contributed by atoms with E-state index < -0.39 is 20.3 Å². The van der Waals surface area contributed by atoms with Gasteiger partial charge >= 0.3 is 5.13 Å². The van der Waals surface area contributed by atoms with Crippen LogP contribution in [-0.2, 0) is 22.9 Å². The Morgan fingerprint density at radius 2 is 1.47 bits per heavy atom. The van der Waals surface area contributed by atoms with E-state index >= 15 is 0 Å². The highest BCUT2D eigenvalue weighted by Gasteiger charge is 2.26. The van der Waals surface area contributed by atoms with Gasteiger partial charge in [0.15, 0.2) is 0 Å². The standard InChI is InChI=1S/C17H19N4O2S2.ClHO4/c1-3-14-10-13(12-8-6-5-7-9-12)11-15(4-2)21(14)16-19-20-17(24-16)25(18,22)23;2-1(3,4)5/h5-11H,3-4H2,1-2H3,(H2,18,22,23);(H,2,3,4,5)/q+1;/p-1. The molecule has 1 aromatic carbocycles. The molecule has 0 amide bonds. The molecule has 2 aromatic heterocycles. The van der Waals surface area contributed by atoms with Crippen LogP contribution in [0, 0.1) is 10.2 Å². The molecule has 0 atom stereocenters. The summed E-state index contributed by atoms with van der Waals surface area (Å²) in [5, 5.41) is 13.4. The van der Waals surface area contributed by atoms with Crippen LogP contribution in [-0.4, -0.2) is 18.6 Å². The van der Waals surface area contributed by atoms with E-state index in [1.165, 1.54) is 0 Å². The summed E-state index contributed by atoms with van der Waals surface area (Å²) in [4.78, 5) is 0. The zero-order valence-corrected chi connectivity index (χ0v) is 18.4. The van der Waals surface area contributed by atoms with E-state index in [0.717, 1.165) is 46.7 Å². The fraction of sp³-hybridized carbons (Fsp3) is 0.235. The van der Waals surface area contributed by atoms with Crippen molar-refractivity contribution >= 4 is 21.4 Å². The number of pyridine rings is 1. The zero-order chi connectivity index (χ0) is 22.5. The molecule has 0 saturated heterocycles. The molecular weight excluding hydrogens is 456 g/mol. The van der Waals surface area contributed by atoms with Gasteiger partial charge in [-0.2, -0.15) is 4.57 Å². The summed E-state index contributed by atoms with van der Waals surface area (Å²) in [7, 11) is -8.79. The first-order chi connectivity index (χ1) is 13.9. The number of rotatable bonds is 5. The number of nitrogens with zero attached hydrogens (tertiary/aromatic N) is 3. The largest absolute Gasteiger partial charge is 0.416 e. The SMILES string of the molecule is CCc1cc(-c2ccccc2)cc(CC)[n+]1-c1nnc(S(N)(=O)=O)s1.[O-][Cl+3]([O-])([O-])[O-]. The van der Waals surface area contributed by atoms with Crippen LogP contribution in [0.5, 0.6) is 0 Å². The topological polar surface area (TPSA) is 182 Å². The Morgan fingerprint density at radius 3 is 1.87 bits per heavy atom. The lowest BCUT2D eigenvalue weighted by molar-refractivity contribution is -2.00. The summed E-state index contributed by atoms with van der Waals surface area (Å²) in [5.41, 5.74) is 4.34. The number of halogens is 1. The predicted molar refractivity (Wildman–Crippen MR) is 97.0 cm³/mol. The number of hydrogen-bond acceptors (Lipinski definition) is 9. The van der Waals surface area contributed by atoms with E-state index in [4.69, 9.17) is 23.8 Å². The summed E-state index contributed by atoms with van der Waals surface area (Å²) in [6, 6.07) is 14.4. The molecule has 0 spiro atoms. The molecular formula is C17H19ClN4O6S2. The van der Waals surface area contributed by atoms with Crippen LogP contribution in [0.2, 0.25) is 0 Å². The highest BCUT2D eigenvalue weighted by atomic mass is 35.7. The summed E-state index contributed by atoms with van der Waals surface area (Å²) in [6.07, 6.45) is 1.55. The average molecular weight is 475 g/mol. The number of aromatic nitrogens is 3. The minimum atomic E-state index is -4.94. The van der Waals surface area contributed by atoms with Crippen molar-refractivity contribution in [3.63, 3.8) is 0 Å². The van der Waals surface area contributed by atoms with E-state index in [1.54, 1.807) is 0 Å². The van der Waals surface area contributed by atoms with Gasteiger partial charge in [0, 0.05) is 12.8 Å². The normalized spacial score (nSPS) is 11.7. The predicted octanol–water partition coefficient (Wildman–Crippen LogP) is -2.50. The Balaban J connectivity index is 0.000000575. The van der Waals surface area contributed by atoms with Crippen LogP contribution in [0.3, 0.4) is 0 Å². The van der Waals surface area contributed by atoms with Gasteiger partial charge in [-0.05, 0) is 39.7 Å². The second kappa shape index (κ2) is 9.85. The van der Waals surface area contributed by atoms with Gasteiger partial charge in [-0.15, -0.1) is 10.2 Å². The molecule has 0 aliphatic rings. The van der Waals surface area contributed by atoms with Gasteiger partial charge in [-0.1, -0.05) is 44.2 Å². The molecule has 0 aliphatic heterocycles. The molecule has 0 unspecified atom stereocenters. The van der Waals surface area contributed by atoms with Crippen LogP contribution in [0.4, 0.5) is 0 Å². The molecule has 0 radical (unpaired) electrons. The van der Waals surface area contributed by atoms with Crippen molar-refractivity contribution in [2.75, 3.05) is 0 Å². The van der Waals surface area contributed by atoms with Crippen LogP contribution in [0.25, 0.3) is 16.3 Å². The fourth-order valence-corrected chi connectivity index (χ4v) is 4.17. The van der Waals surface area contributed by atoms with Crippen molar-refractivity contribution < 1.29 is 41.9 Å². The average Bonchev–Trinajstić information content (AvgIpc) is 3.16. The third kappa shape index (κ3) is 6.75. The molecule has 0 fully saturated rings. The summed E-state index contributed by atoms with van der Waals surface area (Å²) >= 11 is 0.981. The van der Waals surface area contributed by atoms with Gasteiger partial charge in [-0.3, -0.25) is 0 Å². The van der Waals surface area contributed by atoms with Gasteiger partial charge in [-0.25, -0.2) is 32.2 Å². The maximum Gasteiger partial charge on any atom is 0.416 e. The number of sulfonamides is 1. The van der Waals surface area contributed by atoms with Gasteiger partial charge in [0.25, 0.3) is 14.4 Å². The van der Waals surface area contributed by atoms with Crippen molar-refractivity contribution in [2.45, 2.75) is 31.0 Å². The Hall–Kier alpha value is -2.03. The molecule has 162 valence electrons. The van der Waals surface area contributed by atoms with Crippen LogP contribution < -0.4 is 28.3 Å². The lowest BCUT2D eigenvalue weighted by Gasteiger charge is -2.17. The van der Waals surface area contributed by atoms with Gasteiger partial charge < -0.3 is 0 Å². The Kier molecular flexibility index (Phi) is 7.96. The fourth-order valence-electron chi connectivity index (χ4n) is 2.69. The van der Waals surface area contributed by atoms with Crippen molar-refractivity contribution in [3.8, 4) is 16.3 Å². The molecule has 13 heteroatoms. The van der Waals surface area contributed by atoms with Gasteiger partial charge in [0.2, 0.25) is 0 Å². The molecule has 10 nitrogen and oxygen atoms in total. The highest BCUT2D eigenvalue weighted by molar-refractivity contribution is 7.91. The first-order valence-electron chi connectivity index (χ1n) is 8.55. The highest BCUT2D eigenvalue weighted by Crippen LogP contribution is 2.23. The second-order valence-electron chi connectivity index (χ2n) is 5.91. The number of benzene rings is 1. The molecule has 30 heavy (non-hydrogen) atoms. The first-order valence-corrected chi connectivity index (χ1v) is 12.2. The smallest absolute Gasteiger partial charge is 0.222 e. The maximum absolute atomic E-state index is 11.5. The van der Waals surface area contributed by atoms with Gasteiger partial charge in [0.05, 0.1) is 5.10 Å². The summed E-state index contributed by atoms with van der Waals surface area (Å²) < 4.78 is 58.8. The van der Waals surface area contributed by atoms with E-state index in [0.29, 0.717) is 5.13 Å². The van der Waals surface area contributed by atoms with E-state index in [-0.39, 0.29) is 4.34 Å². The number of hydrogen-bond donors (Lipinski definition) is 1. The lowest BCUT2D eigenvalue weighted by Crippen LogP contribution is -2.68. The first kappa shape index (κ1) is 24.2. The third-order valence-corrected chi connectivity index (χ3v) is 6.10. The Morgan fingerprint density at radius 1 is 0.967 bits per heavy atom. The van der Waals surface area contributed by atoms with Crippen molar-refractivity contribution in [1.29, 1.82) is 0 Å². The molecule has 0 saturated carbocycles. The molecule has 3 rings (SSSR count). The third-order valence-electron chi connectivity index (χ3n) is 3.88. The van der Waals surface area contributed by atoms with Crippen LogP contribution in [0.15, 0.2) is 46.8 Å². The second-order valence-corrected chi connectivity index (χ2v) is 9.36. The summed E-state index contributed by atoms with van der Waals surface area (Å²) in [6.45, 7) is 4.11. The molecule has 2 heterocycles. The van der Waals surface area contributed by atoms with E-state index in [2.05, 4.69) is 48.3 Å². The number of primary sulfonamides is 1. The Bertz CT molecular complexity index is 1070. The molecule has 3 aromatic rings. The molecule has 2 N–H and O–H groups in total. The van der Waals surface area contributed by atoms with Crippen molar-refractivity contribution in [2.24, 2.45) is 5.14 Å². The van der Waals surface area contributed by atoms with Crippen molar-refractivity contribution in [1.82, 2.24) is 10.2 Å². The number of nitrogens with two attached hydrogens (primary N) is 1. The Labute approximate surface area is 179 Å².